The van der Waals surface area contributed by atoms with Crippen LogP contribution in [0.1, 0.15) is 54.6 Å². The van der Waals surface area contributed by atoms with Gasteiger partial charge in [-0.05, 0) is 44.7 Å². The predicted molar refractivity (Wildman–Crippen MR) is 120 cm³/mol. The highest BCUT2D eigenvalue weighted by molar-refractivity contribution is 5.98. The van der Waals surface area contributed by atoms with Crippen molar-refractivity contribution < 1.29 is 9.18 Å². The lowest BCUT2D eigenvalue weighted by molar-refractivity contribution is 0.100. The summed E-state index contributed by atoms with van der Waals surface area (Å²) in [6.07, 6.45) is 7.83. The molecule has 2 aromatic rings. The van der Waals surface area contributed by atoms with E-state index in [1.54, 1.807) is 6.20 Å². The molecule has 2 aromatic heterocycles. The van der Waals surface area contributed by atoms with E-state index >= 15 is 0 Å². The summed E-state index contributed by atoms with van der Waals surface area (Å²) in [4.78, 5) is 23.1. The highest BCUT2D eigenvalue weighted by Gasteiger charge is 2.25. The summed E-state index contributed by atoms with van der Waals surface area (Å²) < 4.78 is 14.7. The molecule has 31 heavy (non-hydrogen) atoms. The van der Waals surface area contributed by atoms with Crippen LogP contribution in [0.4, 0.5) is 27.4 Å². The highest BCUT2D eigenvalue weighted by Crippen LogP contribution is 2.30. The molecule has 8 nitrogen and oxygen atoms in total. The number of halogens is 1. The van der Waals surface area contributed by atoms with Crippen molar-refractivity contribution in [3.8, 4) is 0 Å². The third-order valence-electron chi connectivity index (χ3n) is 6.15. The number of amides is 1. The standard InChI is InChI=1S/C22H30FN7O/c1-13-19(30-8-4-5-9-30)10-14(12-26-13)27-21-15(20(25)31)11-16(23)22(29-21)28-18-7-3-2-6-17(18)24/h10-12,17-18H,2-9,24H2,1H3,(H2,25,31)(H2,27,28,29)/t17-,18?/m0/s1. The largest absolute Gasteiger partial charge is 0.370 e. The van der Waals surface area contributed by atoms with Crippen molar-refractivity contribution >= 4 is 28.9 Å². The zero-order valence-corrected chi connectivity index (χ0v) is 17.8. The van der Waals surface area contributed by atoms with Gasteiger partial charge in [-0.2, -0.15) is 0 Å². The normalized spacial score (nSPS) is 21.2. The maximum Gasteiger partial charge on any atom is 0.252 e. The lowest BCUT2D eigenvalue weighted by Gasteiger charge is -2.30. The quantitative estimate of drug-likeness (QED) is 0.559. The van der Waals surface area contributed by atoms with Gasteiger partial charge >= 0.3 is 0 Å². The van der Waals surface area contributed by atoms with Gasteiger partial charge in [0.15, 0.2) is 11.6 Å². The number of rotatable bonds is 6. The topological polar surface area (TPSA) is 122 Å². The average molecular weight is 428 g/mol. The van der Waals surface area contributed by atoms with Gasteiger partial charge in [-0.1, -0.05) is 12.8 Å². The number of pyridine rings is 2. The second kappa shape index (κ2) is 9.05. The fourth-order valence-electron chi connectivity index (χ4n) is 4.39. The molecular formula is C22H30FN7O. The van der Waals surface area contributed by atoms with Gasteiger partial charge in [0.2, 0.25) is 0 Å². The Hall–Kier alpha value is -2.94. The molecule has 166 valence electrons. The van der Waals surface area contributed by atoms with Gasteiger partial charge in [0.05, 0.1) is 28.8 Å². The number of carbonyl (C=O) groups excluding carboxylic acids is 1. The molecule has 1 unspecified atom stereocenters. The fraction of sp³-hybridized carbons (Fsp3) is 0.500. The van der Waals surface area contributed by atoms with Crippen molar-refractivity contribution in [2.24, 2.45) is 11.5 Å². The lowest BCUT2D eigenvalue weighted by atomic mass is 9.91. The smallest absolute Gasteiger partial charge is 0.252 e. The molecule has 1 saturated carbocycles. The van der Waals surface area contributed by atoms with E-state index in [0.29, 0.717) is 5.69 Å². The minimum atomic E-state index is -0.755. The van der Waals surface area contributed by atoms with Crippen LogP contribution in [0.3, 0.4) is 0 Å². The number of nitrogens with zero attached hydrogens (tertiary/aromatic N) is 3. The van der Waals surface area contributed by atoms with Crippen LogP contribution in [0.25, 0.3) is 0 Å². The Balaban J connectivity index is 1.63. The molecule has 0 spiro atoms. The third kappa shape index (κ3) is 4.71. The molecule has 2 aliphatic rings. The summed E-state index contributed by atoms with van der Waals surface area (Å²) in [6.45, 7) is 3.95. The summed E-state index contributed by atoms with van der Waals surface area (Å²) in [5, 5.41) is 6.25. The number of hydrogen-bond donors (Lipinski definition) is 4. The number of nitrogens with one attached hydrogen (secondary N) is 2. The number of carbonyl (C=O) groups is 1. The summed E-state index contributed by atoms with van der Waals surface area (Å²) in [6, 6.07) is 2.97. The van der Waals surface area contributed by atoms with E-state index in [0.717, 1.165) is 69.1 Å². The van der Waals surface area contributed by atoms with Crippen molar-refractivity contribution in [1.29, 1.82) is 0 Å². The Kier molecular flexibility index (Phi) is 6.22. The minimum Gasteiger partial charge on any atom is -0.370 e. The molecule has 0 bridgehead atoms. The van der Waals surface area contributed by atoms with Crippen molar-refractivity contribution in [2.45, 2.75) is 57.5 Å². The summed E-state index contributed by atoms with van der Waals surface area (Å²) >= 11 is 0. The van der Waals surface area contributed by atoms with E-state index < -0.39 is 11.7 Å². The van der Waals surface area contributed by atoms with Crippen LogP contribution in [0.5, 0.6) is 0 Å². The van der Waals surface area contributed by atoms with Gasteiger partial charge < -0.3 is 27.0 Å². The predicted octanol–water partition coefficient (Wildman–Crippen LogP) is 3.05. The van der Waals surface area contributed by atoms with E-state index in [1.165, 1.54) is 0 Å². The lowest BCUT2D eigenvalue weighted by Crippen LogP contribution is -2.43. The molecule has 6 N–H and O–H groups in total. The Morgan fingerprint density at radius 2 is 1.90 bits per heavy atom. The second-order valence-corrected chi connectivity index (χ2v) is 8.43. The number of primary amides is 1. The maximum atomic E-state index is 14.7. The summed E-state index contributed by atoms with van der Waals surface area (Å²) in [7, 11) is 0. The average Bonchev–Trinajstić information content (AvgIpc) is 3.27. The van der Waals surface area contributed by atoms with E-state index in [4.69, 9.17) is 11.5 Å². The van der Waals surface area contributed by atoms with Crippen LogP contribution >= 0.6 is 0 Å². The fourth-order valence-corrected chi connectivity index (χ4v) is 4.39. The Morgan fingerprint density at radius 3 is 2.61 bits per heavy atom. The van der Waals surface area contributed by atoms with E-state index in [9.17, 15) is 9.18 Å². The zero-order valence-electron chi connectivity index (χ0n) is 17.8. The molecule has 1 saturated heterocycles. The van der Waals surface area contributed by atoms with Gasteiger partial charge in [0.1, 0.15) is 5.82 Å². The molecule has 1 aliphatic carbocycles. The van der Waals surface area contributed by atoms with Crippen molar-refractivity contribution in [1.82, 2.24) is 9.97 Å². The van der Waals surface area contributed by atoms with E-state index in [2.05, 4.69) is 25.5 Å². The molecule has 4 rings (SSSR count). The number of hydrogen-bond acceptors (Lipinski definition) is 7. The first-order valence-corrected chi connectivity index (χ1v) is 10.9. The van der Waals surface area contributed by atoms with Crippen LogP contribution < -0.4 is 27.0 Å². The number of aromatic nitrogens is 2. The number of aryl methyl sites for hydroxylation is 1. The van der Waals surface area contributed by atoms with Gasteiger partial charge in [0.25, 0.3) is 5.91 Å². The van der Waals surface area contributed by atoms with Crippen LogP contribution in [-0.4, -0.2) is 41.0 Å². The van der Waals surface area contributed by atoms with Gasteiger partial charge in [0, 0.05) is 25.2 Å². The zero-order chi connectivity index (χ0) is 22.0. The molecule has 3 heterocycles. The van der Waals surface area contributed by atoms with Crippen LogP contribution in [0, 0.1) is 12.7 Å². The van der Waals surface area contributed by atoms with Crippen LogP contribution in [0.2, 0.25) is 0 Å². The first-order chi connectivity index (χ1) is 14.9. The number of anilines is 4. The maximum absolute atomic E-state index is 14.7. The van der Waals surface area contributed by atoms with E-state index in [-0.39, 0.29) is 29.3 Å². The first-order valence-electron chi connectivity index (χ1n) is 10.9. The molecule has 2 atom stereocenters. The minimum absolute atomic E-state index is 0.0145. The first kappa shape index (κ1) is 21.3. The van der Waals surface area contributed by atoms with Gasteiger partial charge in [-0.3, -0.25) is 9.78 Å². The molecule has 1 aliphatic heterocycles. The molecule has 0 aromatic carbocycles. The second-order valence-electron chi connectivity index (χ2n) is 8.43. The molecule has 9 heteroatoms. The van der Waals surface area contributed by atoms with Gasteiger partial charge in [-0.15, -0.1) is 0 Å². The summed E-state index contributed by atoms with van der Waals surface area (Å²) in [5.74, 6) is -1.12. The summed E-state index contributed by atoms with van der Waals surface area (Å²) in [5.41, 5.74) is 14.3. The third-order valence-corrected chi connectivity index (χ3v) is 6.15. The Labute approximate surface area is 181 Å². The van der Waals surface area contributed by atoms with Crippen LogP contribution in [0.15, 0.2) is 18.3 Å². The highest BCUT2D eigenvalue weighted by atomic mass is 19.1. The SMILES string of the molecule is Cc1ncc(Nc2nc(NC3CCCC[C@@H]3N)c(F)cc2C(N)=O)cc1N1CCCC1. The Bertz CT molecular complexity index is 961. The van der Waals surface area contributed by atoms with Crippen LogP contribution in [-0.2, 0) is 0 Å². The monoisotopic (exact) mass is 427 g/mol. The van der Waals surface area contributed by atoms with Crippen molar-refractivity contribution in [3.05, 3.63) is 35.4 Å². The molecule has 0 radical (unpaired) electrons. The molecule has 2 fully saturated rings. The number of nitrogens with two attached hydrogens (primary N) is 2. The van der Waals surface area contributed by atoms with Gasteiger partial charge in [-0.25, -0.2) is 9.37 Å². The Morgan fingerprint density at radius 1 is 1.16 bits per heavy atom. The van der Waals surface area contributed by atoms with Crippen molar-refractivity contribution in [3.63, 3.8) is 0 Å². The van der Waals surface area contributed by atoms with E-state index in [1.807, 2.05) is 13.0 Å². The molecule has 1 amide bonds. The van der Waals surface area contributed by atoms with Crippen molar-refractivity contribution in [2.75, 3.05) is 28.6 Å². The molecular weight excluding hydrogens is 397 g/mol.